The molecule has 0 radical (unpaired) electrons. The van der Waals surface area contributed by atoms with Gasteiger partial charge >= 0.3 is 0 Å². The molecule has 1 atom stereocenters. The average molecular weight is 236 g/mol. The van der Waals surface area contributed by atoms with Crippen LogP contribution in [0, 0.1) is 0 Å². The van der Waals surface area contributed by atoms with Gasteiger partial charge < -0.3 is 9.47 Å². The number of hydrogen-bond acceptors (Lipinski definition) is 3. The van der Waals surface area contributed by atoms with Gasteiger partial charge in [-0.15, -0.1) is 11.8 Å². The summed E-state index contributed by atoms with van der Waals surface area (Å²) in [7, 11) is 1.68. The highest BCUT2D eigenvalue weighted by molar-refractivity contribution is 7.99. The molecule has 0 aromatic heterocycles. The molecule has 2 rings (SSSR count). The molecule has 0 saturated heterocycles. The molecule has 2 nitrogen and oxygen atoms in total. The van der Waals surface area contributed by atoms with Crippen molar-refractivity contribution in [2.45, 2.75) is 24.3 Å². The van der Waals surface area contributed by atoms with Gasteiger partial charge in [-0.1, -0.05) is 6.08 Å². The Balaban J connectivity index is 2.28. The van der Waals surface area contributed by atoms with E-state index in [9.17, 15) is 0 Å². The molecule has 0 spiro atoms. The molecule has 1 aliphatic heterocycles. The molecule has 3 heteroatoms. The maximum Gasteiger partial charge on any atom is 0.134 e. The lowest BCUT2D eigenvalue weighted by atomic mass is 10.1. The predicted octanol–water partition coefficient (Wildman–Crippen LogP) is 3.51. The van der Waals surface area contributed by atoms with E-state index >= 15 is 0 Å². The van der Waals surface area contributed by atoms with Crippen LogP contribution in [0.2, 0.25) is 0 Å². The van der Waals surface area contributed by atoms with Crippen molar-refractivity contribution >= 4 is 11.8 Å². The van der Waals surface area contributed by atoms with Gasteiger partial charge in [-0.05, 0) is 38.1 Å². The Labute approximate surface area is 101 Å². The molecular weight excluding hydrogens is 220 g/mol. The van der Waals surface area contributed by atoms with Crippen molar-refractivity contribution < 1.29 is 9.47 Å². The van der Waals surface area contributed by atoms with E-state index in [2.05, 4.69) is 13.0 Å². The third-order valence-electron chi connectivity index (χ3n) is 2.53. The van der Waals surface area contributed by atoms with Crippen molar-refractivity contribution in [2.24, 2.45) is 0 Å². The van der Waals surface area contributed by atoms with E-state index in [1.165, 1.54) is 0 Å². The van der Waals surface area contributed by atoms with Crippen LogP contribution >= 0.6 is 11.8 Å². The quantitative estimate of drug-likeness (QED) is 0.732. The summed E-state index contributed by atoms with van der Waals surface area (Å²) in [4.78, 5) is 1.15. The summed E-state index contributed by atoms with van der Waals surface area (Å²) in [5, 5.41) is 0. The van der Waals surface area contributed by atoms with E-state index in [4.69, 9.17) is 9.47 Å². The molecule has 0 amide bonds. The molecule has 1 aliphatic rings. The number of rotatable bonds is 2. The van der Waals surface area contributed by atoms with Crippen molar-refractivity contribution in [3.05, 3.63) is 30.4 Å². The highest BCUT2D eigenvalue weighted by atomic mass is 32.2. The van der Waals surface area contributed by atoms with Crippen LogP contribution in [0.4, 0.5) is 0 Å². The Hall–Kier alpha value is -1.09. The second-order valence-corrected chi connectivity index (χ2v) is 5.03. The Morgan fingerprint density at radius 3 is 3.00 bits per heavy atom. The first-order valence-corrected chi connectivity index (χ1v) is 6.29. The Morgan fingerprint density at radius 2 is 2.31 bits per heavy atom. The Kier molecular flexibility index (Phi) is 3.15. The number of methoxy groups -OCH3 is 1. The van der Waals surface area contributed by atoms with Crippen molar-refractivity contribution in [2.75, 3.05) is 12.9 Å². The van der Waals surface area contributed by atoms with Gasteiger partial charge in [0, 0.05) is 5.75 Å². The van der Waals surface area contributed by atoms with Gasteiger partial charge in [0.1, 0.15) is 17.1 Å². The number of fused-ring (bicyclic) bond motifs is 1. The summed E-state index contributed by atoms with van der Waals surface area (Å²) < 4.78 is 11.2. The molecular formula is C13H16O2S. The number of benzene rings is 1. The number of thioether (sulfide) groups is 1. The van der Waals surface area contributed by atoms with Gasteiger partial charge in [-0.25, -0.2) is 0 Å². The van der Waals surface area contributed by atoms with Crippen molar-refractivity contribution in [1.29, 1.82) is 0 Å². The topological polar surface area (TPSA) is 18.5 Å². The lowest BCUT2D eigenvalue weighted by Gasteiger charge is -2.32. The maximum absolute atomic E-state index is 6.00. The minimum atomic E-state index is -0.193. The standard InChI is InChI=1S/C13H16O2S/c1-4-7-13(2)9-16-12-8-10(14-3)5-6-11(12)15-13/h4-8H,9H2,1-3H3/b7-4+. The SMILES string of the molecule is C/C=C/C1(C)CSc2cc(OC)ccc2O1. The summed E-state index contributed by atoms with van der Waals surface area (Å²) in [6, 6.07) is 5.93. The minimum absolute atomic E-state index is 0.193. The van der Waals surface area contributed by atoms with Crippen molar-refractivity contribution in [3.8, 4) is 11.5 Å². The summed E-state index contributed by atoms with van der Waals surface area (Å²) in [6.45, 7) is 4.12. The largest absolute Gasteiger partial charge is 0.497 e. The highest BCUT2D eigenvalue weighted by Gasteiger charge is 2.29. The summed E-state index contributed by atoms with van der Waals surface area (Å²) in [6.07, 6.45) is 4.14. The third-order valence-corrected chi connectivity index (χ3v) is 3.88. The monoisotopic (exact) mass is 236 g/mol. The van der Waals surface area contributed by atoms with Gasteiger partial charge in [0.2, 0.25) is 0 Å². The van der Waals surface area contributed by atoms with Gasteiger partial charge in [-0.2, -0.15) is 0 Å². The number of hydrogen-bond donors (Lipinski definition) is 0. The molecule has 0 N–H and O–H groups in total. The number of allylic oxidation sites excluding steroid dienone is 1. The molecule has 1 aromatic rings. The van der Waals surface area contributed by atoms with Gasteiger partial charge in [-0.3, -0.25) is 0 Å². The molecule has 0 saturated carbocycles. The first kappa shape index (κ1) is 11.4. The molecule has 1 aromatic carbocycles. The fourth-order valence-electron chi connectivity index (χ4n) is 1.75. The molecule has 0 bridgehead atoms. The lowest BCUT2D eigenvalue weighted by Crippen LogP contribution is -2.35. The van der Waals surface area contributed by atoms with E-state index in [0.29, 0.717) is 0 Å². The molecule has 0 fully saturated rings. The Morgan fingerprint density at radius 1 is 1.50 bits per heavy atom. The predicted molar refractivity (Wildman–Crippen MR) is 67.6 cm³/mol. The van der Waals surface area contributed by atoms with E-state index < -0.39 is 0 Å². The minimum Gasteiger partial charge on any atom is -0.497 e. The second-order valence-electron chi connectivity index (χ2n) is 4.02. The van der Waals surface area contributed by atoms with Crippen molar-refractivity contribution in [3.63, 3.8) is 0 Å². The molecule has 1 unspecified atom stereocenters. The zero-order valence-corrected chi connectivity index (χ0v) is 10.6. The summed E-state index contributed by atoms with van der Waals surface area (Å²) >= 11 is 1.81. The van der Waals surface area contributed by atoms with E-state index in [1.54, 1.807) is 7.11 Å². The van der Waals surface area contributed by atoms with Crippen LogP contribution in [0.15, 0.2) is 35.2 Å². The fourth-order valence-corrected chi connectivity index (χ4v) is 2.80. The van der Waals surface area contributed by atoms with Crippen LogP contribution in [0.1, 0.15) is 13.8 Å². The fraction of sp³-hybridized carbons (Fsp3) is 0.385. The van der Waals surface area contributed by atoms with Crippen LogP contribution in [-0.2, 0) is 0 Å². The van der Waals surface area contributed by atoms with Crippen LogP contribution < -0.4 is 9.47 Å². The van der Waals surface area contributed by atoms with E-state index in [-0.39, 0.29) is 5.60 Å². The molecule has 0 aliphatic carbocycles. The normalized spacial score (nSPS) is 23.9. The van der Waals surface area contributed by atoms with Crippen LogP contribution in [0.3, 0.4) is 0 Å². The molecule has 86 valence electrons. The zero-order valence-electron chi connectivity index (χ0n) is 9.82. The van der Waals surface area contributed by atoms with Gasteiger partial charge in [0.05, 0.1) is 12.0 Å². The lowest BCUT2D eigenvalue weighted by molar-refractivity contribution is 0.157. The van der Waals surface area contributed by atoms with E-state index in [1.807, 2.05) is 43.0 Å². The Bertz CT molecular complexity index is 414. The first-order chi connectivity index (χ1) is 7.67. The second kappa shape index (κ2) is 4.42. The van der Waals surface area contributed by atoms with Crippen LogP contribution in [0.5, 0.6) is 11.5 Å². The molecule has 16 heavy (non-hydrogen) atoms. The summed E-state index contributed by atoms with van der Waals surface area (Å²) in [5.41, 5.74) is -0.193. The highest BCUT2D eigenvalue weighted by Crippen LogP contribution is 2.41. The summed E-state index contributed by atoms with van der Waals surface area (Å²) in [5.74, 6) is 2.75. The van der Waals surface area contributed by atoms with Crippen LogP contribution in [0.25, 0.3) is 0 Å². The van der Waals surface area contributed by atoms with Crippen molar-refractivity contribution in [1.82, 2.24) is 0 Å². The zero-order chi connectivity index (χ0) is 11.6. The van der Waals surface area contributed by atoms with Crippen LogP contribution in [-0.4, -0.2) is 18.5 Å². The first-order valence-electron chi connectivity index (χ1n) is 5.30. The molecule has 1 heterocycles. The maximum atomic E-state index is 6.00. The average Bonchev–Trinajstić information content (AvgIpc) is 2.28. The smallest absolute Gasteiger partial charge is 0.134 e. The van der Waals surface area contributed by atoms with Gasteiger partial charge in [0.15, 0.2) is 0 Å². The van der Waals surface area contributed by atoms with E-state index in [0.717, 1.165) is 22.1 Å². The van der Waals surface area contributed by atoms with Gasteiger partial charge in [0.25, 0.3) is 0 Å². The number of ether oxygens (including phenoxy) is 2. The third kappa shape index (κ3) is 2.19.